The van der Waals surface area contributed by atoms with Gasteiger partial charge in [-0.1, -0.05) is 17.7 Å². The zero-order chi connectivity index (χ0) is 15.6. The molecule has 0 aromatic heterocycles. The van der Waals surface area contributed by atoms with Crippen LogP contribution in [0.4, 0.5) is 10.1 Å². The predicted octanol–water partition coefficient (Wildman–Crippen LogP) is 2.38. The summed E-state index contributed by atoms with van der Waals surface area (Å²) in [4.78, 5) is 11.8. The summed E-state index contributed by atoms with van der Waals surface area (Å²) in [6.07, 6.45) is 0. The lowest BCUT2D eigenvalue weighted by atomic mass is 10.2. The molecule has 0 fully saturated rings. The first-order valence-corrected chi connectivity index (χ1v) is 7.59. The lowest BCUT2D eigenvalue weighted by Gasteiger charge is -2.07. The Kier molecular flexibility index (Phi) is 4.26. The zero-order valence-electron chi connectivity index (χ0n) is 10.5. The van der Waals surface area contributed by atoms with Gasteiger partial charge in [0, 0.05) is 11.3 Å². The van der Waals surface area contributed by atoms with Crippen molar-refractivity contribution in [2.75, 3.05) is 5.32 Å². The molecule has 0 spiro atoms. The topological polar surface area (TPSA) is 89.3 Å². The lowest BCUT2D eigenvalue weighted by Crippen LogP contribution is -2.14. The third-order valence-corrected chi connectivity index (χ3v) is 3.80. The predicted molar refractivity (Wildman–Crippen MR) is 77.2 cm³/mol. The Labute approximate surface area is 125 Å². The number of halogens is 2. The Balaban J connectivity index is 2.25. The number of amides is 1. The fourth-order valence-electron chi connectivity index (χ4n) is 1.59. The van der Waals surface area contributed by atoms with Gasteiger partial charge in [0.1, 0.15) is 5.82 Å². The number of benzene rings is 2. The van der Waals surface area contributed by atoms with Crippen molar-refractivity contribution in [2.24, 2.45) is 5.14 Å². The molecule has 0 heterocycles. The second-order valence-electron chi connectivity index (χ2n) is 4.16. The Bertz CT molecular complexity index is 809. The zero-order valence-corrected chi connectivity index (χ0v) is 12.1. The van der Waals surface area contributed by atoms with E-state index in [-0.39, 0.29) is 21.2 Å². The maximum absolute atomic E-state index is 13.0. The third kappa shape index (κ3) is 3.78. The van der Waals surface area contributed by atoms with E-state index in [1.165, 1.54) is 36.4 Å². The third-order valence-electron chi connectivity index (χ3n) is 2.60. The number of nitrogens with one attached hydrogen (secondary N) is 1. The number of anilines is 1. The van der Waals surface area contributed by atoms with Gasteiger partial charge in [0.15, 0.2) is 0 Å². The van der Waals surface area contributed by atoms with E-state index in [1.54, 1.807) is 0 Å². The van der Waals surface area contributed by atoms with Gasteiger partial charge in [0.2, 0.25) is 10.0 Å². The molecule has 21 heavy (non-hydrogen) atoms. The van der Waals surface area contributed by atoms with Gasteiger partial charge in [-0.25, -0.2) is 17.9 Å². The average molecular weight is 329 g/mol. The van der Waals surface area contributed by atoms with E-state index < -0.39 is 21.7 Å². The summed E-state index contributed by atoms with van der Waals surface area (Å²) in [5.41, 5.74) is 0.384. The second-order valence-corrected chi connectivity index (χ2v) is 6.12. The standard InChI is InChI=1S/C13H10ClFN2O3S/c14-11-6-8(4-5-12(11)15)13(18)17-9-2-1-3-10(7-9)21(16,19)20/h1-7H,(H,17,18)(H2,16,19,20). The van der Waals surface area contributed by atoms with Crippen LogP contribution in [0.3, 0.4) is 0 Å². The van der Waals surface area contributed by atoms with Crippen molar-refractivity contribution in [1.29, 1.82) is 0 Å². The van der Waals surface area contributed by atoms with E-state index in [2.05, 4.69) is 5.32 Å². The van der Waals surface area contributed by atoms with Gasteiger partial charge in [-0.15, -0.1) is 0 Å². The molecule has 110 valence electrons. The molecule has 2 rings (SSSR count). The lowest BCUT2D eigenvalue weighted by molar-refractivity contribution is 0.102. The molecule has 3 N–H and O–H groups in total. The summed E-state index contributed by atoms with van der Waals surface area (Å²) in [5, 5.41) is 7.30. The summed E-state index contributed by atoms with van der Waals surface area (Å²) in [6.45, 7) is 0. The first-order chi connectivity index (χ1) is 9.77. The molecule has 5 nitrogen and oxygen atoms in total. The van der Waals surface area contributed by atoms with Crippen molar-refractivity contribution in [3.8, 4) is 0 Å². The largest absolute Gasteiger partial charge is 0.322 e. The van der Waals surface area contributed by atoms with Crippen molar-refractivity contribution >= 4 is 33.2 Å². The van der Waals surface area contributed by atoms with Crippen molar-refractivity contribution in [1.82, 2.24) is 0 Å². The highest BCUT2D eigenvalue weighted by Crippen LogP contribution is 2.18. The summed E-state index contributed by atoms with van der Waals surface area (Å²) in [7, 11) is -3.86. The van der Waals surface area contributed by atoms with Crippen LogP contribution in [-0.2, 0) is 10.0 Å². The minimum Gasteiger partial charge on any atom is -0.322 e. The molecule has 0 atom stereocenters. The normalized spacial score (nSPS) is 11.2. The van der Waals surface area contributed by atoms with Gasteiger partial charge < -0.3 is 5.32 Å². The maximum Gasteiger partial charge on any atom is 0.255 e. The molecule has 0 saturated carbocycles. The molecule has 0 aliphatic carbocycles. The van der Waals surface area contributed by atoms with Crippen LogP contribution in [0.15, 0.2) is 47.4 Å². The molecule has 0 aliphatic rings. The Hall–Kier alpha value is -1.96. The smallest absolute Gasteiger partial charge is 0.255 e. The van der Waals surface area contributed by atoms with Crippen LogP contribution >= 0.6 is 11.6 Å². The fourth-order valence-corrected chi connectivity index (χ4v) is 2.33. The van der Waals surface area contributed by atoms with E-state index >= 15 is 0 Å². The number of carbonyl (C=O) groups excluding carboxylic acids is 1. The number of nitrogens with two attached hydrogens (primary N) is 1. The summed E-state index contributed by atoms with van der Waals surface area (Å²) in [6, 6.07) is 8.97. The quantitative estimate of drug-likeness (QED) is 0.906. The van der Waals surface area contributed by atoms with Gasteiger partial charge in [0.25, 0.3) is 5.91 Å². The highest BCUT2D eigenvalue weighted by Gasteiger charge is 2.12. The van der Waals surface area contributed by atoms with Crippen molar-refractivity contribution < 1.29 is 17.6 Å². The highest BCUT2D eigenvalue weighted by atomic mass is 35.5. The molecule has 1 amide bonds. The average Bonchev–Trinajstić information content (AvgIpc) is 2.41. The monoisotopic (exact) mass is 328 g/mol. The van der Waals surface area contributed by atoms with E-state index in [9.17, 15) is 17.6 Å². The number of hydrogen-bond acceptors (Lipinski definition) is 3. The van der Waals surface area contributed by atoms with E-state index in [0.717, 1.165) is 6.07 Å². The number of carbonyl (C=O) groups is 1. The Morgan fingerprint density at radius 2 is 1.90 bits per heavy atom. The van der Waals surface area contributed by atoms with Crippen LogP contribution in [-0.4, -0.2) is 14.3 Å². The first kappa shape index (κ1) is 15.4. The first-order valence-electron chi connectivity index (χ1n) is 5.66. The molecule has 2 aromatic rings. The Morgan fingerprint density at radius 3 is 2.52 bits per heavy atom. The molecule has 2 aromatic carbocycles. The molecule has 0 radical (unpaired) electrons. The molecule has 0 bridgehead atoms. The van der Waals surface area contributed by atoms with Crippen molar-refractivity contribution in [2.45, 2.75) is 4.90 Å². The minimum atomic E-state index is -3.86. The van der Waals surface area contributed by atoms with Crippen molar-refractivity contribution in [3.05, 3.63) is 58.9 Å². The Morgan fingerprint density at radius 1 is 1.19 bits per heavy atom. The van der Waals surface area contributed by atoms with E-state index in [4.69, 9.17) is 16.7 Å². The highest BCUT2D eigenvalue weighted by molar-refractivity contribution is 7.89. The van der Waals surface area contributed by atoms with E-state index in [0.29, 0.717) is 0 Å². The van der Waals surface area contributed by atoms with Crippen molar-refractivity contribution in [3.63, 3.8) is 0 Å². The summed E-state index contributed by atoms with van der Waals surface area (Å²) >= 11 is 5.60. The van der Waals surface area contributed by atoms with Crippen LogP contribution in [0.1, 0.15) is 10.4 Å². The number of hydrogen-bond donors (Lipinski definition) is 2. The van der Waals surface area contributed by atoms with Gasteiger partial charge in [-0.3, -0.25) is 4.79 Å². The number of rotatable bonds is 3. The van der Waals surface area contributed by atoms with Crippen LogP contribution in [0, 0.1) is 5.82 Å². The molecule has 8 heteroatoms. The fraction of sp³-hybridized carbons (Fsp3) is 0. The maximum atomic E-state index is 13.0. The molecular formula is C13H10ClFN2O3S. The number of sulfonamides is 1. The second kappa shape index (κ2) is 5.80. The van der Waals surface area contributed by atoms with Crippen LogP contribution in [0.5, 0.6) is 0 Å². The van der Waals surface area contributed by atoms with Gasteiger partial charge in [-0.05, 0) is 36.4 Å². The minimum absolute atomic E-state index is 0.127. The van der Waals surface area contributed by atoms with Crippen LogP contribution in [0.2, 0.25) is 5.02 Å². The van der Waals surface area contributed by atoms with Gasteiger partial charge >= 0.3 is 0 Å². The molecule has 0 saturated heterocycles. The summed E-state index contributed by atoms with van der Waals surface area (Å²) < 4.78 is 35.5. The summed E-state index contributed by atoms with van der Waals surface area (Å²) in [5.74, 6) is -1.19. The molecular weight excluding hydrogens is 319 g/mol. The van der Waals surface area contributed by atoms with Gasteiger partial charge in [0.05, 0.1) is 9.92 Å². The van der Waals surface area contributed by atoms with Crippen LogP contribution in [0.25, 0.3) is 0 Å². The van der Waals surface area contributed by atoms with Gasteiger partial charge in [-0.2, -0.15) is 0 Å². The van der Waals surface area contributed by atoms with E-state index in [1.807, 2.05) is 0 Å². The van der Waals surface area contributed by atoms with Crippen LogP contribution < -0.4 is 10.5 Å². The number of primary sulfonamides is 1. The SMILES string of the molecule is NS(=O)(=O)c1cccc(NC(=O)c2ccc(F)c(Cl)c2)c1. The molecule has 0 unspecified atom stereocenters. The molecule has 0 aliphatic heterocycles.